The van der Waals surface area contributed by atoms with E-state index in [1.165, 1.54) is 0 Å². The molecule has 1 aromatic heterocycles. The molecule has 0 aliphatic carbocycles. The van der Waals surface area contributed by atoms with E-state index in [9.17, 15) is 5.11 Å². The first-order chi connectivity index (χ1) is 5.66. The molecule has 1 N–H and O–H groups in total. The zero-order valence-electron chi connectivity index (χ0n) is 7.86. The normalized spacial score (nSPS) is 13.8. The predicted octanol–water partition coefficient (Wildman–Crippen LogP) is 1.59. The molecule has 3 heteroatoms. The molecule has 1 unspecified atom stereocenters. The van der Waals surface area contributed by atoms with Crippen LogP contribution in [0.2, 0.25) is 0 Å². The fourth-order valence-electron chi connectivity index (χ4n) is 1.20. The molecule has 1 atom stereocenters. The van der Waals surface area contributed by atoms with E-state index in [1.807, 2.05) is 31.5 Å². The molecule has 0 aromatic carbocycles. The van der Waals surface area contributed by atoms with E-state index >= 15 is 0 Å². The molecule has 1 rings (SSSR count). The maximum absolute atomic E-state index is 9.74. The summed E-state index contributed by atoms with van der Waals surface area (Å²) in [6.45, 7) is 6.82. The Kier molecular flexibility index (Phi) is 2.87. The van der Waals surface area contributed by atoms with Gasteiger partial charge in [-0.25, -0.2) is 0 Å². The molecule has 0 aliphatic rings. The molecule has 0 fully saturated rings. The Balaban J connectivity index is 2.86. The molecule has 0 saturated heterocycles. The highest BCUT2D eigenvalue weighted by atomic mass is 16.3. The topological polar surface area (TPSA) is 38.0 Å². The van der Waals surface area contributed by atoms with E-state index in [0.29, 0.717) is 0 Å². The average Bonchev–Trinajstić information content (AvgIpc) is 2.49. The highest BCUT2D eigenvalue weighted by Gasteiger charge is 2.15. The first-order valence-electron chi connectivity index (χ1n) is 4.36. The largest absolute Gasteiger partial charge is 0.387 e. The molecule has 12 heavy (non-hydrogen) atoms. The molecular weight excluding hydrogens is 152 g/mol. The summed E-state index contributed by atoms with van der Waals surface area (Å²) < 4.78 is 1.82. The van der Waals surface area contributed by atoms with Gasteiger partial charge in [0.2, 0.25) is 0 Å². The van der Waals surface area contributed by atoms with E-state index in [1.54, 1.807) is 6.20 Å². The van der Waals surface area contributed by atoms with Crippen LogP contribution < -0.4 is 0 Å². The van der Waals surface area contributed by atoms with Crippen molar-refractivity contribution in [2.75, 3.05) is 0 Å². The lowest BCUT2D eigenvalue weighted by atomic mass is 10.0. The molecule has 68 valence electrons. The minimum atomic E-state index is -0.396. The van der Waals surface area contributed by atoms with Gasteiger partial charge in [0.25, 0.3) is 0 Å². The summed E-state index contributed by atoms with van der Waals surface area (Å²) in [5.74, 6) is 0.243. The zero-order chi connectivity index (χ0) is 9.14. The maximum atomic E-state index is 9.74. The van der Waals surface area contributed by atoms with E-state index in [2.05, 4.69) is 5.10 Å². The van der Waals surface area contributed by atoms with Gasteiger partial charge in [0.05, 0.1) is 11.8 Å². The van der Waals surface area contributed by atoms with Crippen LogP contribution >= 0.6 is 0 Å². The Labute approximate surface area is 73.0 Å². The van der Waals surface area contributed by atoms with Crippen molar-refractivity contribution in [3.63, 3.8) is 0 Å². The van der Waals surface area contributed by atoms with Gasteiger partial charge in [0, 0.05) is 12.7 Å². The van der Waals surface area contributed by atoms with Gasteiger partial charge in [-0.2, -0.15) is 5.10 Å². The Bertz CT molecular complexity index is 242. The molecule has 0 amide bonds. The average molecular weight is 168 g/mol. The SMILES string of the molecule is CCn1nccc1C(O)C(C)C. The minimum absolute atomic E-state index is 0.243. The fourth-order valence-corrected chi connectivity index (χ4v) is 1.20. The second-order valence-corrected chi connectivity index (χ2v) is 3.26. The third-order valence-electron chi connectivity index (χ3n) is 1.98. The highest BCUT2D eigenvalue weighted by Crippen LogP contribution is 2.20. The van der Waals surface area contributed by atoms with Gasteiger partial charge in [-0.1, -0.05) is 13.8 Å². The maximum Gasteiger partial charge on any atom is 0.0979 e. The number of hydrogen-bond acceptors (Lipinski definition) is 2. The van der Waals surface area contributed by atoms with Crippen molar-refractivity contribution in [1.82, 2.24) is 9.78 Å². The summed E-state index contributed by atoms with van der Waals surface area (Å²) in [4.78, 5) is 0. The van der Waals surface area contributed by atoms with Crippen LogP contribution in [0.1, 0.15) is 32.6 Å². The summed E-state index contributed by atoms with van der Waals surface area (Å²) in [6, 6.07) is 1.87. The van der Waals surface area contributed by atoms with Crippen molar-refractivity contribution in [2.24, 2.45) is 5.92 Å². The monoisotopic (exact) mass is 168 g/mol. The number of aliphatic hydroxyl groups excluding tert-OH is 1. The Hall–Kier alpha value is -0.830. The highest BCUT2D eigenvalue weighted by molar-refractivity contribution is 5.04. The molecule has 0 radical (unpaired) electrons. The predicted molar refractivity (Wildman–Crippen MR) is 47.7 cm³/mol. The van der Waals surface area contributed by atoms with Crippen LogP contribution in [0.25, 0.3) is 0 Å². The fraction of sp³-hybridized carbons (Fsp3) is 0.667. The van der Waals surface area contributed by atoms with Gasteiger partial charge in [0.15, 0.2) is 0 Å². The van der Waals surface area contributed by atoms with Crippen LogP contribution in [-0.2, 0) is 6.54 Å². The van der Waals surface area contributed by atoms with Crippen LogP contribution in [0, 0.1) is 5.92 Å². The van der Waals surface area contributed by atoms with Crippen molar-refractivity contribution < 1.29 is 5.11 Å². The molecular formula is C9H16N2O. The van der Waals surface area contributed by atoms with Gasteiger partial charge >= 0.3 is 0 Å². The van der Waals surface area contributed by atoms with Crippen molar-refractivity contribution in [1.29, 1.82) is 0 Å². The van der Waals surface area contributed by atoms with Crippen molar-refractivity contribution in [3.8, 4) is 0 Å². The number of aromatic nitrogens is 2. The lowest BCUT2D eigenvalue weighted by Crippen LogP contribution is -2.12. The minimum Gasteiger partial charge on any atom is -0.387 e. The second kappa shape index (κ2) is 3.72. The molecule has 1 heterocycles. The molecule has 0 bridgehead atoms. The number of hydrogen-bond donors (Lipinski definition) is 1. The van der Waals surface area contributed by atoms with Gasteiger partial charge in [-0.05, 0) is 18.9 Å². The number of nitrogens with zero attached hydrogens (tertiary/aromatic N) is 2. The first kappa shape index (κ1) is 9.26. The van der Waals surface area contributed by atoms with Crippen molar-refractivity contribution >= 4 is 0 Å². The van der Waals surface area contributed by atoms with Crippen LogP contribution in [0.15, 0.2) is 12.3 Å². The Morgan fingerprint density at radius 1 is 1.58 bits per heavy atom. The van der Waals surface area contributed by atoms with Crippen LogP contribution in [-0.4, -0.2) is 14.9 Å². The Morgan fingerprint density at radius 2 is 2.25 bits per heavy atom. The van der Waals surface area contributed by atoms with Gasteiger partial charge in [0.1, 0.15) is 0 Å². The summed E-state index contributed by atoms with van der Waals surface area (Å²) in [5.41, 5.74) is 0.910. The zero-order valence-corrected chi connectivity index (χ0v) is 7.86. The molecule has 1 aromatic rings. The molecule has 0 saturated carbocycles. The quantitative estimate of drug-likeness (QED) is 0.744. The van der Waals surface area contributed by atoms with E-state index in [4.69, 9.17) is 0 Å². The second-order valence-electron chi connectivity index (χ2n) is 3.26. The third-order valence-corrected chi connectivity index (χ3v) is 1.98. The van der Waals surface area contributed by atoms with Gasteiger partial charge in [-0.15, -0.1) is 0 Å². The summed E-state index contributed by atoms with van der Waals surface area (Å²) in [7, 11) is 0. The number of aliphatic hydroxyl groups is 1. The lowest BCUT2D eigenvalue weighted by molar-refractivity contribution is 0.117. The molecule has 0 spiro atoms. The summed E-state index contributed by atoms with van der Waals surface area (Å²) in [5, 5.41) is 13.8. The lowest BCUT2D eigenvalue weighted by Gasteiger charge is -2.15. The van der Waals surface area contributed by atoms with Crippen LogP contribution in [0.5, 0.6) is 0 Å². The van der Waals surface area contributed by atoms with Crippen molar-refractivity contribution in [3.05, 3.63) is 18.0 Å². The number of rotatable bonds is 3. The third kappa shape index (κ3) is 1.67. The summed E-state index contributed by atoms with van der Waals surface area (Å²) >= 11 is 0. The number of aryl methyl sites for hydroxylation is 1. The Morgan fingerprint density at radius 3 is 2.75 bits per heavy atom. The molecule has 3 nitrogen and oxygen atoms in total. The first-order valence-corrected chi connectivity index (χ1v) is 4.36. The van der Waals surface area contributed by atoms with Crippen LogP contribution in [0.3, 0.4) is 0 Å². The van der Waals surface area contributed by atoms with Crippen molar-refractivity contribution in [2.45, 2.75) is 33.4 Å². The van der Waals surface area contributed by atoms with E-state index in [0.717, 1.165) is 12.2 Å². The summed E-state index contributed by atoms with van der Waals surface area (Å²) in [6.07, 6.45) is 1.33. The standard InChI is InChI=1S/C9H16N2O/c1-4-11-8(5-6-10-11)9(12)7(2)3/h5-7,9,12H,4H2,1-3H3. The van der Waals surface area contributed by atoms with Crippen LogP contribution in [0.4, 0.5) is 0 Å². The van der Waals surface area contributed by atoms with E-state index < -0.39 is 6.10 Å². The smallest absolute Gasteiger partial charge is 0.0979 e. The van der Waals surface area contributed by atoms with Gasteiger partial charge in [-0.3, -0.25) is 4.68 Å². The molecule has 0 aliphatic heterocycles. The van der Waals surface area contributed by atoms with E-state index in [-0.39, 0.29) is 5.92 Å². The van der Waals surface area contributed by atoms with Gasteiger partial charge < -0.3 is 5.11 Å².